The number of nitrogens with zero attached hydrogens (tertiary/aromatic N) is 1. The van der Waals surface area contributed by atoms with Crippen LogP contribution in [-0.4, -0.2) is 27.6 Å². The summed E-state index contributed by atoms with van der Waals surface area (Å²) in [6.45, 7) is 5.11. The Hall–Kier alpha value is -2.15. The molecule has 1 aromatic carbocycles. The highest BCUT2D eigenvalue weighted by molar-refractivity contribution is 5.95. The first-order valence-corrected chi connectivity index (χ1v) is 6.78. The molecule has 0 fully saturated rings. The van der Waals surface area contributed by atoms with Crippen LogP contribution < -0.4 is 10.6 Å². The molecule has 0 aromatic heterocycles. The summed E-state index contributed by atoms with van der Waals surface area (Å²) in [7, 11) is 0. The van der Waals surface area contributed by atoms with Crippen molar-refractivity contribution in [3.05, 3.63) is 27.8 Å². The molecular formula is C14H19N3O4. The molecule has 0 aliphatic carbocycles. The maximum atomic E-state index is 11.4. The normalized spacial score (nSPS) is 15.9. The number of rotatable bonds is 4. The van der Waals surface area contributed by atoms with E-state index >= 15 is 0 Å². The monoisotopic (exact) mass is 293 g/mol. The van der Waals surface area contributed by atoms with E-state index in [1.807, 2.05) is 0 Å². The van der Waals surface area contributed by atoms with Crippen molar-refractivity contribution >= 4 is 23.0 Å². The van der Waals surface area contributed by atoms with Gasteiger partial charge in [0.1, 0.15) is 5.69 Å². The number of benzene rings is 1. The van der Waals surface area contributed by atoms with E-state index in [9.17, 15) is 20.0 Å². The maximum absolute atomic E-state index is 11.4. The molecule has 0 spiro atoms. The van der Waals surface area contributed by atoms with Crippen LogP contribution in [0.25, 0.3) is 0 Å². The van der Waals surface area contributed by atoms with Crippen LogP contribution in [0.15, 0.2) is 12.1 Å². The minimum Gasteiger partial charge on any atom is -0.391 e. The highest BCUT2D eigenvalue weighted by atomic mass is 16.6. The van der Waals surface area contributed by atoms with Crippen molar-refractivity contribution in [2.45, 2.75) is 45.3 Å². The number of hydrogen-bond acceptors (Lipinski definition) is 5. The third-order valence-corrected chi connectivity index (χ3v) is 3.81. The molecule has 1 atom stereocenters. The molecule has 7 heteroatoms. The number of fused-ring (bicyclic) bond motifs is 1. The lowest BCUT2D eigenvalue weighted by molar-refractivity contribution is -0.384. The van der Waals surface area contributed by atoms with Gasteiger partial charge >= 0.3 is 0 Å². The third kappa shape index (κ3) is 3.13. The molecular weight excluding hydrogens is 274 g/mol. The average Bonchev–Trinajstić information content (AvgIpc) is 2.36. The zero-order valence-electron chi connectivity index (χ0n) is 12.3. The Bertz CT molecular complexity index is 596. The number of hydrogen-bond donors (Lipinski definition) is 3. The number of carbonyl (C=O) groups is 1. The number of aliphatic hydroxyl groups is 1. The summed E-state index contributed by atoms with van der Waals surface area (Å²) in [6, 6.07) is 3.05. The van der Waals surface area contributed by atoms with Gasteiger partial charge in [0.25, 0.3) is 5.69 Å². The SMILES string of the molecule is CC(O)C(C)(C)Nc1cc2c(cc1[N+](=O)[O-])CCC(=O)N2. The van der Waals surface area contributed by atoms with Gasteiger partial charge in [-0.05, 0) is 38.8 Å². The molecule has 1 unspecified atom stereocenters. The molecule has 1 heterocycles. The molecule has 114 valence electrons. The zero-order chi connectivity index (χ0) is 15.8. The lowest BCUT2D eigenvalue weighted by atomic mass is 9.96. The van der Waals surface area contributed by atoms with Crippen molar-refractivity contribution in [3.63, 3.8) is 0 Å². The van der Waals surface area contributed by atoms with Gasteiger partial charge in [0.2, 0.25) is 5.91 Å². The topological polar surface area (TPSA) is 104 Å². The van der Waals surface area contributed by atoms with Crippen molar-refractivity contribution in [1.29, 1.82) is 0 Å². The van der Waals surface area contributed by atoms with Crippen LogP contribution in [0.2, 0.25) is 0 Å². The number of nitro groups is 1. The molecule has 0 saturated carbocycles. The molecule has 0 saturated heterocycles. The van der Waals surface area contributed by atoms with Gasteiger partial charge in [-0.15, -0.1) is 0 Å². The van der Waals surface area contributed by atoms with E-state index in [-0.39, 0.29) is 17.3 Å². The summed E-state index contributed by atoms with van der Waals surface area (Å²) in [5.41, 5.74) is 0.824. The van der Waals surface area contributed by atoms with Crippen molar-refractivity contribution in [2.75, 3.05) is 10.6 Å². The molecule has 1 amide bonds. The second-order valence-corrected chi connectivity index (χ2v) is 5.85. The highest BCUT2D eigenvalue weighted by Gasteiger charge is 2.29. The smallest absolute Gasteiger partial charge is 0.292 e. The van der Waals surface area contributed by atoms with Crippen molar-refractivity contribution in [3.8, 4) is 0 Å². The zero-order valence-corrected chi connectivity index (χ0v) is 12.3. The second-order valence-electron chi connectivity index (χ2n) is 5.85. The number of aryl methyl sites for hydroxylation is 1. The van der Waals surface area contributed by atoms with E-state index in [0.29, 0.717) is 18.5 Å². The summed E-state index contributed by atoms with van der Waals surface area (Å²) in [5.74, 6) is -0.0999. The second kappa shape index (κ2) is 5.33. The predicted octanol–water partition coefficient (Wildman–Crippen LogP) is 2.05. The van der Waals surface area contributed by atoms with Crippen LogP contribution in [0.4, 0.5) is 17.1 Å². The quantitative estimate of drug-likeness (QED) is 0.582. The van der Waals surface area contributed by atoms with Crippen molar-refractivity contribution in [2.24, 2.45) is 0 Å². The fourth-order valence-electron chi connectivity index (χ4n) is 2.12. The standard InChI is InChI=1S/C14H19N3O4/c1-8(18)14(2,3)16-11-7-10-9(4-5-13(19)15-10)6-12(11)17(20)21/h6-8,16,18H,4-5H2,1-3H3,(H,15,19). The van der Waals surface area contributed by atoms with E-state index in [0.717, 1.165) is 5.56 Å². The Labute approximate surface area is 122 Å². The van der Waals surface area contributed by atoms with Crippen LogP contribution in [0.1, 0.15) is 32.8 Å². The lowest BCUT2D eigenvalue weighted by Crippen LogP contribution is -2.42. The fraction of sp³-hybridized carbons (Fsp3) is 0.500. The van der Waals surface area contributed by atoms with Gasteiger partial charge in [0, 0.05) is 18.2 Å². The average molecular weight is 293 g/mol. The highest BCUT2D eigenvalue weighted by Crippen LogP contribution is 2.35. The molecule has 0 radical (unpaired) electrons. The fourth-order valence-corrected chi connectivity index (χ4v) is 2.12. The first-order valence-electron chi connectivity index (χ1n) is 6.78. The number of aliphatic hydroxyl groups excluding tert-OH is 1. The number of anilines is 2. The number of amides is 1. The Morgan fingerprint density at radius 1 is 1.43 bits per heavy atom. The van der Waals surface area contributed by atoms with E-state index in [4.69, 9.17) is 0 Å². The van der Waals surface area contributed by atoms with Crippen molar-refractivity contribution in [1.82, 2.24) is 0 Å². The molecule has 0 bridgehead atoms. The third-order valence-electron chi connectivity index (χ3n) is 3.81. The first kappa shape index (κ1) is 15.2. The van der Waals surface area contributed by atoms with Gasteiger partial charge in [-0.25, -0.2) is 0 Å². The summed E-state index contributed by atoms with van der Waals surface area (Å²) in [4.78, 5) is 22.2. The number of nitro benzene ring substituents is 1. The maximum Gasteiger partial charge on any atom is 0.292 e. The molecule has 7 nitrogen and oxygen atoms in total. The summed E-state index contributed by atoms with van der Waals surface area (Å²) in [6.07, 6.45) is 0.112. The van der Waals surface area contributed by atoms with E-state index in [2.05, 4.69) is 10.6 Å². The summed E-state index contributed by atoms with van der Waals surface area (Å²) >= 11 is 0. The number of nitrogens with one attached hydrogen (secondary N) is 2. The molecule has 21 heavy (non-hydrogen) atoms. The Kier molecular flexibility index (Phi) is 3.87. The van der Waals surface area contributed by atoms with Gasteiger partial charge in [-0.3, -0.25) is 14.9 Å². The largest absolute Gasteiger partial charge is 0.391 e. The van der Waals surface area contributed by atoms with Gasteiger partial charge < -0.3 is 15.7 Å². The Morgan fingerprint density at radius 2 is 2.10 bits per heavy atom. The molecule has 1 aliphatic rings. The Balaban J connectivity index is 2.46. The summed E-state index contributed by atoms with van der Waals surface area (Å²) in [5, 5.41) is 26.7. The van der Waals surface area contributed by atoms with Crippen LogP contribution >= 0.6 is 0 Å². The van der Waals surface area contributed by atoms with Crippen LogP contribution in [-0.2, 0) is 11.2 Å². The van der Waals surface area contributed by atoms with E-state index < -0.39 is 16.6 Å². The minimum atomic E-state index is -0.738. The first-order chi connectivity index (χ1) is 9.70. The van der Waals surface area contributed by atoms with Crippen LogP contribution in [0.3, 0.4) is 0 Å². The van der Waals surface area contributed by atoms with E-state index in [1.165, 1.54) is 6.07 Å². The van der Waals surface area contributed by atoms with Crippen molar-refractivity contribution < 1.29 is 14.8 Å². The molecule has 1 aromatic rings. The van der Waals surface area contributed by atoms with Gasteiger partial charge in [-0.2, -0.15) is 0 Å². The molecule has 1 aliphatic heterocycles. The van der Waals surface area contributed by atoms with Gasteiger partial charge in [0.15, 0.2) is 0 Å². The van der Waals surface area contributed by atoms with Gasteiger partial charge in [0.05, 0.1) is 16.6 Å². The molecule has 2 rings (SSSR count). The molecule has 3 N–H and O–H groups in total. The number of carbonyl (C=O) groups excluding carboxylic acids is 1. The van der Waals surface area contributed by atoms with Gasteiger partial charge in [-0.1, -0.05) is 0 Å². The Morgan fingerprint density at radius 3 is 2.67 bits per heavy atom. The van der Waals surface area contributed by atoms with E-state index in [1.54, 1.807) is 26.8 Å². The van der Waals surface area contributed by atoms with Crippen LogP contribution in [0.5, 0.6) is 0 Å². The van der Waals surface area contributed by atoms with Crippen LogP contribution in [0, 0.1) is 10.1 Å². The predicted molar refractivity (Wildman–Crippen MR) is 79.4 cm³/mol. The minimum absolute atomic E-state index is 0.0568. The summed E-state index contributed by atoms with van der Waals surface area (Å²) < 4.78 is 0. The lowest BCUT2D eigenvalue weighted by Gasteiger charge is -2.31.